The fraction of sp³-hybridized carbons (Fsp3) is 0.600. The average Bonchev–Trinajstić information content (AvgIpc) is 3.53. The molecule has 2 aromatic rings. The van der Waals surface area contributed by atoms with Gasteiger partial charge in [0.1, 0.15) is 6.54 Å². The molecule has 1 amide bonds. The molecule has 6 rings (SSSR count). The monoisotopic (exact) mass is 485 g/mol. The van der Waals surface area contributed by atoms with Gasteiger partial charge in [0.2, 0.25) is 5.91 Å². The third-order valence-electron chi connectivity index (χ3n) is 8.12. The van der Waals surface area contributed by atoms with Crippen molar-refractivity contribution in [2.24, 2.45) is 17.8 Å². The van der Waals surface area contributed by atoms with Crippen molar-refractivity contribution in [1.82, 2.24) is 9.47 Å². The van der Waals surface area contributed by atoms with E-state index in [1.807, 2.05) is 16.7 Å². The number of hydrogen-bond donors (Lipinski definition) is 0. The number of thiazole rings is 1. The summed E-state index contributed by atoms with van der Waals surface area (Å²) in [6, 6.07) is 8.91. The lowest BCUT2D eigenvalue weighted by atomic mass is 9.75. The SMILES string of the molecule is CN(C)c1ccc([C@H]2c3sc(=O)n(CC(=O)N4CCOCC4)c3SC3C4CCC(C4)C32)cc1. The summed E-state index contributed by atoms with van der Waals surface area (Å²) < 4.78 is 7.18. The van der Waals surface area contributed by atoms with Gasteiger partial charge in [-0.15, -0.1) is 11.8 Å². The van der Waals surface area contributed by atoms with Crippen molar-refractivity contribution in [2.75, 3.05) is 45.3 Å². The van der Waals surface area contributed by atoms with Crippen LogP contribution in [0, 0.1) is 17.8 Å². The first kappa shape index (κ1) is 21.7. The summed E-state index contributed by atoms with van der Waals surface area (Å²) in [7, 11) is 4.13. The number of fused-ring (bicyclic) bond motifs is 6. The Bertz CT molecular complexity index is 1100. The molecule has 1 aromatic carbocycles. The molecule has 0 N–H and O–H groups in total. The summed E-state index contributed by atoms with van der Waals surface area (Å²) in [5.41, 5.74) is 2.51. The molecular formula is C25H31N3O3S2. The fourth-order valence-electron chi connectivity index (χ4n) is 6.49. The van der Waals surface area contributed by atoms with Crippen molar-refractivity contribution in [1.29, 1.82) is 0 Å². The Morgan fingerprint density at radius 3 is 2.58 bits per heavy atom. The second-order valence-corrected chi connectivity index (χ2v) is 12.2. The number of amides is 1. The summed E-state index contributed by atoms with van der Waals surface area (Å²) in [4.78, 5) is 31.4. The predicted octanol–water partition coefficient (Wildman–Crippen LogP) is 3.49. The maximum Gasteiger partial charge on any atom is 0.308 e. The number of carbonyl (C=O) groups is 1. The minimum absolute atomic E-state index is 0.0105. The quantitative estimate of drug-likeness (QED) is 0.664. The number of thioether (sulfide) groups is 1. The van der Waals surface area contributed by atoms with Crippen LogP contribution in [0.25, 0.3) is 0 Å². The largest absolute Gasteiger partial charge is 0.378 e. The maximum atomic E-state index is 13.2. The molecule has 1 aromatic heterocycles. The maximum absolute atomic E-state index is 13.2. The Hall–Kier alpha value is -1.77. The predicted molar refractivity (Wildman–Crippen MR) is 133 cm³/mol. The smallest absolute Gasteiger partial charge is 0.308 e. The molecule has 5 atom stereocenters. The van der Waals surface area contributed by atoms with Gasteiger partial charge in [-0.2, -0.15) is 0 Å². The zero-order valence-corrected chi connectivity index (χ0v) is 20.9. The lowest BCUT2D eigenvalue weighted by Gasteiger charge is -2.40. The highest BCUT2D eigenvalue weighted by molar-refractivity contribution is 8.00. The number of benzene rings is 1. The number of nitrogens with zero attached hydrogens (tertiary/aromatic N) is 3. The molecule has 2 bridgehead atoms. The van der Waals surface area contributed by atoms with Crippen LogP contribution in [0.1, 0.15) is 35.6 Å². The van der Waals surface area contributed by atoms with Crippen LogP contribution in [0.5, 0.6) is 0 Å². The fourth-order valence-corrected chi connectivity index (χ4v) is 9.64. The van der Waals surface area contributed by atoms with Crippen molar-refractivity contribution in [2.45, 2.75) is 42.0 Å². The van der Waals surface area contributed by atoms with Crippen LogP contribution in [-0.2, 0) is 16.1 Å². The molecule has 176 valence electrons. The number of aromatic nitrogens is 1. The molecule has 2 saturated carbocycles. The van der Waals surface area contributed by atoms with E-state index in [1.54, 1.807) is 4.57 Å². The Morgan fingerprint density at radius 2 is 1.85 bits per heavy atom. The average molecular weight is 486 g/mol. The number of morpholine rings is 1. The van der Waals surface area contributed by atoms with E-state index in [1.165, 1.54) is 46.7 Å². The number of carbonyl (C=O) groups excluding carboxylic acids is 1. The molecule has 0 spiro atoms. The highest BCUT2D eigenvalue weighted by Gasteiger charge is 2.55. The van der Waals surface area contributed by atoms with E-state index in [-0.39, 0.29) is 23.2 Å². The van der Waals surface area contributed by atoms with Crippen LogP contribution in [0.3, 0.4) is 0 Å². The molecule has 3 heterocycles. The van der Waals surface area contributed by atoms with Crippen molar-refractivity contribution >= 4 is 34.7 Å². The molecule has 2 aliphatic carbocycles. The van der Waals surface area contributed by atoms with E-state index in [9.17, 15) is 9.59 Å². The Kier molecular flexibility index (Phi) is 5.58. The first-order valence-corrected chi connectivity index (χ1v) is 13.7. The van der Waals surface area contributed by atoms with Gasteiger partial charge in [-0.1, -0.05) is 23.5 Å². The molecule has 8 heteroatoms. The molecule has 3 fully saturated rings. The third-order valence-corrected chi connectivity index (χ3v) is 10.9. The summed E-state index contributed by atoms with van der Waals surface area (Å²) in [6.07, 6.45) is 3.95. The lowest BCUT2D eigenvalue weighted by molar-refractivity contribution is -0.136. The van der Waals surface area contributed by atoms with E-state index in [4.69, 9.17) is 4.74 Å². The van der Waals surface area contributed by atoms with Gasteiger partial charge in [0.05, 0.1) is 18.2 Å². The first-order chi connectivity index (χ1) is 16.0. The molecule has 1 saturated heterocycles. The van der Waals surface area contributed by atoms with Gasteiger partial charge in [0.15, 0.2) is 0 Å². The van der Waals surface area contributed by atoms with Gasteiger partial charge in [0.25, 0.3) is 0 Å². The van der Waals surface area contributed by atoms with E-state index >= 15 is 0 Å². The van der Waals surface area contributed by atoms with E-state index in [2.05, 4.69) is 43.3 Å². The van der Waals surface area contributed by atoms with Crippen molar-refractivity contribution in [3.8, 4) is 0 Å². The van der Waals surface area contributed by atoms with Crippen molar-refractivity contribution < 1.29 is 9.53 Å². The number of ether oxygens (including phenoxy) is 1. The zero-order chi connectivity index (χ0) is 22.7. The number of hydrogen-bond acceptors (Lipinski definition) is 6. The lowest BCUT2D eigenvalue weighted by Crippen LogP contribution is -2.43. The molecule has 6 nitrogen and oxygen atoms in total. The highest BCUT2D eigenvalue weighted by Crippen LogP contribution is 2.64. The Balaban J connectivity index is 1.39. The van der Waals surface area contributed by atoms with Crippen LogP contribution < -0.4 is 9.77 Å². The molecule has 4 aliphatic rings. The summed E-state index contributed by atoms with van der Waals surface area (Å²) in [6.45, 7) is 2.53. The van der Waals surface area contributed by atoms with Crippen LogP contribution in [-0.4, -0.2) is 61.0 Å². The zero-order valence-electron chi connectivity index (χ0n) is 19.2. The van der Waals surface area contributed by atoms with E-state index in [0.717, 1.165) is 16.9 Å². The second kappa shape index (κ2) is 8.47. The van der Waals surface area contributed by atoms with E-state index < -0.39 is 0 Å². The van der Waals surface area contributed by atoms with E-state index in [0.29, 0.717) is 37.5 Å². The van der Waals surface area contributed by atoms with Crippen LogP contribution in [0.15, 0.2) is 34.1 Å². The van der Waals surface area contributed by atoms with Gasteiger partial charge in [-0.25, -0.2) is 0 Å². The minimum atomic E-state index is 0.0105. The summed E-state index contributed by atoms with van der Waals surface area (Å²) in [5, 5.41) is 1.61. The molecule has 2 aliphatic heterocycles. The summed E-state index contributed by atoms with van der Waals surface area (Å²) >= 11 is 3.28. The van der Waals surface area contributed by atoms with Gasteiger partial charge < -0.3 is 14.5 Å². The summed E-state index contributed by atoms with van der Waals surface area (Å²) in [5.74, 6) is 2.37. The first-order valence-electron chi connectivity index (χ1n) is 12.0. The van der Waals surface area contributed by atoms with Gasteiger partial charge in [0, 0.05) is 48.9 Å². The van der Waals surface area contributed by atoms with Crippen molar-refractivity contribution in [3.05, 3.63) is 44.4 Å². The Labute approximate surface area is 202 Å². The third kappa shape index (κ3) is 3.65. The van der Waals surface area contributed by atoms with Crippen molar-refractivity contribution in [3.63, 3.8) is 0 Å². The topological polar surface area (TPSA) is 54.8 Å². The standard InChI is InChI=1S/C25H31N3O3S2/c1-26(2)18-7-5-15(6-8-18)20-21-16-3-4-17(13-16)22(21)32-24-23(20)33-25(30)28(24)14-19(29)27-9-11-31-12-10-27/h5-8,16-17,20-22H,3-4,9-14H2,1-2H3/t16?,17?,20-,21?,22?/m1/s1. The number of rotatable bonds is 4. The van der Waals surface area contributed by atoms with Crippen LogP contribution in [0.2, 0.25) is 0 Å². The molecule has 4 unspecified atom stereocenters. The van der Waals surface area contributed by atoms with Gasteiger partial charge in [-0.05, 0) is 54.7 Å². The van der Waals surface area contributed by atoms with Gasteiger partial charge >= 0.3 is 4.87 Å². The molecular weight excluding hydrogens is 454 g/mol. The van der Waals surface area contributed by atoms with Gasteiger partial charge in [-0.3, -0.25) is 14.2 Å². The molecule has 0 radical (unpaired) electrons. The normalized spacial score (nSPS) is 30.2. The van der Waals surface area contributed by atoms with Crippen LogP contribution in [0.4, 0.5) is 5.69 Å². The number of anilines is 1. The highest BCUT2D eigenvalue weighted by atomic mass is 32.2. The minimum Gasteiger partial charge on any atom is -0.378 e. The molecule has 33 heavy (non-hydrogen) atoms. The van der Waals surface area contributed by atoms with Crippen LogP contribution >= 0.6 is 23.1 Å². The second-order valence-electron chi connectivity index (χ2n) is 10.1. The Morgan fingerprint density at radius 1 is 1.12 bits per heavy atom.